The van der Waals surface area contributed by atoms with E-state index in [2.05, 4.69) is 91.5 Å². The van der Waals surface area contributed by atoms with Crippen molar-refractivity contribution in [1.82, 2.24) is 0 Å². The molecule has 1 aromatic rings. The van der Waals surface area contributed by atoms with Crippen LogP contribution in [0.1, 0.15) is 63.3 Å². The summed E-state index contributed by atoms with van der Waals surface area (Å²) in [5.41, 5.74) is 8.42. The maximum absolute atomic E-state index is 4.19. The molecule has 0 aliphatic carbocycles. The molecule has 0 atom stereocenters. The first kappa shape index (κ1) is 23.4. The molecule has 136 valence electrons. The van der Waals surface area contributed by atoms with Gasteiger partial charge in [0, 0.05) is 0 Å². The van der Waals surface area contributed by atoms with Crippen molar-refractivity contribution in [3.8, 4) is 12.8 Å². The summed E-state index contributed by atoms with van der Waals surface area (Å²) in [6, 6.07) is 4.54. The highest BCUT2D eigenvalue weighted by Gasteiger charge is 2.06. The molecule has 1 aromatic carbocycles. The summed E-state index contributed by atoms with van der Waals surface area (Å²) in [7, 11) is 0. The normalized spacial score (nSPS) is 11.9. The van der Waals surface area contributed by atoms with Gasteiger partial charge in [-0.15, -0.1) is 24.6 Å². The highest BCUT2D eigenvalue weighted by atomic mass is 32.2. The molecule has 0 spiro atoms. The van der Waals surface area contributed by atoms with E-state index in [9.17, 15) is 0 Å². The topological polar surface area (TPSA) is 0 Å². The zero-order valence-electron chi connectivity index (χ0n) is 17.1. The Kier molecular flexibility index (Phi) is 11.0. The van der Waals surface area contributed by atoms with Gasteiger partial charge in [0.15, 0.2) is 0 Å². The highest BCUT2D eigenvalue weighted by Crippen LogP contribution is 2.27. The fourth-order valence-electron chi connectivity index (χ4n) is 2.42. The van der Waals surface area contributed by atoms with Crippen LogP contribution in [0.25, 0.3) is 5.57 Å². The zero-order valence-corrected chi connectivity index (χ0v) is 17.9. The molecule has 0 saturated carbocycles. The minimum absolute atomic E-state index is 0.607. The van der Waals surface area contributed by atoms with Crippen LogP contribution in [0, 0.1) is 32.6 Å². The third kappa shape index (κ3) is 7.41. The van der Waals surface area contributed by atoms with Crippen LogP contribution in [0.4, 0.5) is 0 Å². The van der Waals surface area contributed by atoms with Crippen molar-refractivity contribution in [2.45, 2.75) is 61.3 Å². The van der Waals surface area contributed by atoms with Gasteiger partial charge in [0.1, 0.15) is 0 Å². The Hall–Kier alpha value is -1.65. The van der Waals surface area contributed by atoms with Gasteiger partial charge < -0.3 is 0 Å². The standard InChI is InChI=1S/C22H32S.C2H2/c1-9-21-12-13-22(20(8)19(21)7)16(4)10-11-18(6)23-14-17(5)15(2)3;1-2/h10,12-15H,6,9,11H2,1-5,7-8H3;1-2H/b16-10-,17-14+;. The molecule has 0 bridgehead atoms. The summed E-state index contributed by atoms with van der Waals surface area (Å²) < 4.78 is 0. The highest BCUT2D eigenvalue weighted by molar-refractivity contribution is 8.05. The van der Waals surface area contributed by atoms with E-state index in [1.807, 2.05) is 0 Å². The Labute approximate surface area is 160 Å². The van der Waals surface area contributed by atoms with Crippen LogP contribution < -0.4 is 0 Å². The summed E-state index contributed by atoms with van der Waals surface area (Å²) in [5.74, 6) is 0.607. The Morgan fingerprint density at radius 1 is 1.16 bits per heavy atom. The monoisotopic (exact) mass is 354 g/mol. The minimum atomic E-state index is 0.607. The van der Waals surface area contributed by atoms with Crippen LogP contribution in [0.15, 0.2) is 40.7 Å². The number of allylic oxidation sites excluding steroid dienone is 4. The van der Waals surface area contributed by atoms with E-state index in [0.717, 1.165) is 12.8 Å². The average Bonchev–Trinajstić information content (AvgIpc) is 2.61. The second kappa shape index (κ2) is 11.8. The summed E-state index contributed by atoms with van der Waals surface area (Å²) in [4.78, 5) is 1.20. The molecule has 0 aliphatic rings. The van der Waals surface area contributed by atoms with Crippen LogP contribution in [0.5, 0.6) is 0 Å². The Morgan fingerprint density at radius 2 is 1.76 bits per heavy atom. The molecule has 0 heterocycles. The van der Waals surface area contributed by atoms with Crippen molar-refractivity contribution in [2.24, 2.45) is 5.92 Å². The Morgan fingerprint density at radius 3 is 2.28 bits per heavy atom. The van der Waals surface area contributed by atoms with Gasteiger partial charge in [-0.25, -0.2) is 0 Å². The number of benzene rings is 1. The smallest absolute Gasteiger partial charge is 0.00339 e. The van der Waals surface area contributed by atoms with E-state index in [-0.39, 0.29) is 0 Å². The van der Waals surface area contributed by atoms with E-state index in [4.69, 9.17) is 0 Å². The largest absolute Gasteiger partial charge is 0.124 e. The molecule has 0 nitrogen and oxygen atoms in total. The van der Waals surface area contributed by atoms with Crippen molar-refractivity contribution >= 4 is 17.3 Å². The van der Waals surface area contributed by atoms with Crippen LogP contribution >= 0.6 is 11.8 Å². The third-order valence-electron chi connectivity index (χ3n) is 4.66. The van der Waals surface area contributed by atoms with E-state index in [1.165, 1.54) is 38.3 Å². The molecule has 0 radical (unpaired) electrons. The lowest BCUT2D eigenvalue weighted by Gasteiger charge is -2.13. The number of terminal acetylenes is 1. The number of thioether (sulfide) groups is 1. The predicted molar refractivity (Wildman–Crippen MR) is 119 cm³/mol. The van der Waals surface area contributed by atoms with Crippen LogP contribution in [-0.4, -0.2) is 0 Å². The molecule has 0 fully saturated rings. The van der Waals surface area contributed by atoms with E-state index in [0.29, 0.717) is 5.92 Å². The lowest BCUT2D eigenvalue weighted by molar-refractivity contribution is 0.772. The quantitative estimate of drug-likeness (QED) is 0.452. The van der Waals surface area contributed by atoms with Crippen molar-refractivity contribution in [3.63, 3.8) is 0 Å². The average molecular weight is 355 g/mol. The predicted octanol–water partition coefficient (Wildman–Crippen LogP) is 7.72. The molecular formula is C24H34S. The van der Waals surface area contributed by atoms with Gasteiger partial charge in [0.05, 0.1) is 0 Å². The first-order valence-corrected chi connectivity index (χ1v) is 9.76. The van der Waals surface area contributed by atoms with Gasteiger partial charge in [-0.1, -0.05) is 51.1 Å². The molecule has 0 saturated heterocycles. The summed E-state index contributed by atoms with van der Waals surface area (Å²) >= 11 is 1.76. The van der Waals surface area contributed by atoms with Crippen molar-refractivity contribution < 1.29 is 0 Å². The molecule has 0 aromatic heterocycles. The van der Waals surface area contributed by atoms with Gasteiger partial charge >= 0.3 is 0 Å². The van der Waals surface area contributed by atoms with Crippen LogP contribution in [0.2, 0.25) is 0 Å². The Bertz CT molecular complexity index is 654. The van der Waals surface area contributed by atoms with Crippen molar-refractivity contribution in [1.29, 1.82) is 0 Å². The molecular weight excluding hydrogens is 320 g/mol. The molecule has 1 rings (SSSR count). The van der Waals surface area contributed by atoms with Gasteiger partial charge in [0.2, 0.25) is 0 Å². The first-order valence-electron chi connectivity index (χ1n) is 8.88. The van der Waals surface area contributed by atoms with E-state index in [1.54, 1.807) is 11.8 Å². The lowest BCUT2D eigenvalue weighted by Crippen LogP contribution is -1.95. The van der Waals surface area contributed by atoms with Crippen molar-refractivity contribution in [3.05, 3.63) is 62.9 Å². The SMILES string of the molecule is C#C.C=C(C/C=C(/C)c1ccc(CC)c(C)c1C)S/C=C(\C)C(C)C. The van der Waals surface area contributed by atoms with Gasteiger partial charge in [-0.3, -0.25) is 0 Å². The fraction of sp³-hybridized carbons (Fsp3) is 0.417. The van der Waals surface area contributed by atoms with E-state index >= 15 is 0 Å². The lowest BCUT2D eigenvalue weighted by atomic mass is 9.93. The van der Waals surface area contributed by atoms with Crippen LogP contribution in [0.3, 0.4) is 0 Å². The Balaban J connectivity index is 0.00000277. The van der Waals surface area contributed by atoms with Crippen LogP contribution in [-0.2, 0) is 6.42 Å². The summed E-state index contributed by atoms with van der Waals surface area (Å²) in [6.45, 7) is 19.7. The number of rotatable bonds is 7. The number of hydrogen-bond acceptors (Lipinski definition) is 1. The summed E-state index contributed by atoms with van der Waals surface area (Å²) in [6.07, 6.45) is 12.3. The second-order valence-electron chi connectivity index (χ2n) is 6.64. The molecule has 0 N–H and O–H groups in total. The maximum Gasteiger partial charge on any atom is -0.00339 e. The second-order valence-corrected chi connectivity index (χ2v) is 7.69. The fourth-order valence-corrected chi connectivity index (χ4v) is 3.23. The number of aryl methyl sites for hydroxylation is 1. The minimum Gasteiger partial charge on any atom is -0.124 e. The van der Waals surface area contributed by atoms with Gasteiger partial charge in [-0.05, 0) is 84.6 Å². The molecule has 0 aliphatic heterocycles. The van der Waals surface area contributed by atoms with Gasteiger partial charge in [-0.2, -0.15) is 0 Å². The first-order chi connectivity index (χ1) is 11.8. The van der Waals surface area contributed by atoms with Crippen molar-refractivity contribution in [2.75, 3.05) is 0 Å². The maximum atomic E-state index is 4.19. The zero-order chi connectivity index (χ0) is 19.6. The number of hydrogen-bond donors (Lipinski definition) is 0. The molecule has 0 unspecified atom stereocenters. The third-order valence-corrected chi connectivity index (χ3v) is 5.65. The molecule has 0 amide bonds. The molecule has 25 heavy (non-hydrogen) atoms. The van der Waals surface area contributed by atoms with Gasteiger partial charge in [0.25, 0.3) is 0 Å². The molecule has 1 heteroatoms. The summed E-state index contributed by atoms with van der Waals surface area (Å²) in [5, 5.41) is 2.24. The van der Waals surface area contributed by atoms with E-state index < -0.39 is 0 Å².